The maximum absolute atomic E-state index is 13.9. The highest BCUT2D eigenvalue weighted by molar-refractivity contribution is 7.07. The summed E-state index contributed by atoms with van der Waals surface area (Å²) in [7, 11) is 1.31. The Kier molecular flexibility index (Phi) is 8.21. The monoisotopic (exact) mass is 596 g/mol. The van der Waals surface area contributed by atoms with Gasteiger partial charge in [-0.2, -0.15) is 0 Å². The largest absolute Gasteiger partial charge is 0.487 e. The van der Waals surface area contributed by atoms with E-state index in [1.165, 1.54) is 35.1 Å². The van der Waals surface area contributed by atoms with Gasteiger partial charge in [-0.1, -0.05) is 83.9 Å². The first-order valence-corrected chi connectivity index (χ1v) is 13.9. The molecule has 0 bridgehead atoms. The van der Waals surface area contributed by atoms with E-state index >= 15 is 0 Å². The van der Waals surface area contributed by atoms with Gasteiger partial charge >= 0.3 is 5.97 Å². The van der Waals surface area contributed by atoms with Gasteiger partial charge in [0, 0.05) is 10.6 Å². The molecule has 204 valence electrons. The van der Waals surface area contributed by atoms with Crippen molar-refractivity contribution in [2.75, 3.05) is 7.11 Å². The minimum atomic E-state index is -0.709. The fraction of sp³-hybridized carbons (Fsp3) is 0.167. The van der Waals surface area contributed by atoms with Gasteiger partial charge in [0.05, 0.1) is 34.0 Å². The van der Waals surface area contributed by atoms with Gasteiger partial charge in [0.25, 0.3) is 5.56 Å². The summed E-state index contributed by atoms with van der Waals surface area (Å²) in [4.78, 5) is 32.0. The zero-order valence-corrected chi connectivity index (χ0v) is 23.8. The molecule has 2 heterocycles. The number of halogens is 3. The number of thiazole rings is 1. The molecule has 0 N–H and O–H groups in total. The van der Waals surface area contributed by atoms with Crippen molar-refractivity contribution < 1.29 is 18.7 Å². The van der Waals surface area contributed by atoms with E-state index in [9.17, 15) is 14.0 Å². The van der Waals surface area contributed by atoms with Gasteiger partial charge < -0.3 is 9.47 Å². The molecule has 0 amide bonds. The smallest absolute Gasteiger partial charge is 0.338 e. The molecule has 0 spiro atoms. The number of methoxy groups -OCH3 is 1. The Morgan fingerprint density at radius 2 is 1.85 bits per heavy atom. The van der Waals surface area contributed by atoms with E-state index < -0.39 is 12.0 Å². The van der Waals surface area contributed by atoms with Crippen LogP contribution < -0.4 is 19.6 Å². The third-order valence-electron chi connectivity index (χ3n) is 6.39. The third-order valence-corrected chi connectivity index (χ3v) is 7.87. The van der Waals surface area contributed by atoms with Crippen LogP contribution >= 0.6 is 34.5 Å². The summed E-state index contributed by atoms with van der Waals surface area (Å²) in [5.41, 5.74) is 2.53. The summed E-state index contributed by atoms with van der Waals surface area (Å²) in [5, 5.41) is 0.624. The summed E-state index contributed by atoms with van der Waals surface area (Å²) in [5.74, 6) is -0.563. The lowest BCUT2D eigenvalue weighted by Gasteiger charge is -2.25. The Hall–Kier alpha value is -3.72. The maximum atomic E-state index is 13.9. The zero-order chi connectivity index (χ0) is 28.4. The number of aromatic nitrogens is 1. The van der Waals surface area contributed by atoms with Crippen LogP contribution in [0, 0.1) is 5.82 Å². The van der Waals surface area contributed by atoms with Crippen LogP contribution in [0.15, 0.2) is 87.8 Å². The second-order valence-electron chi connectivity index (χ2n) is 8.92. The van der Waals surface area contributed by atoms with Crippen molar-refractivity contribution in [2.24, 2.45) is 4.99 Å². The molecular formula is C30H23Cl2FN2O4S. The summed E-state index contributed by atoms with van der Waals surface area (Å²) < 4.78 is 26.3. The molecule has 1 aliphatic heterocycles. The van der Waals surface area contributed by atoms with Crippen molar-refractivity contribution in [2.45, 2.75) is 26.0 Å². The number of nitrogens with zero attached hydrogens (tertiary/aromatic N) is 2. The average molecular weight is 597 g/mol. The van der Waals surface area contributed by atoms with Crippen molar-refractivity contribution in [1.29, 1.82) is 0 Å². The minimum absolute atomic E-state index is 0.125. The molecular weight excluding hydrogens is 574 g/mol. The Bertz CT molecular complexity index is 1800. The number of esters is 1. The topological polar surface area (TPSA) is 69.9 Å². The number of hydrogen-bond donors (Lipinski definition) is 0. The summed E-state index contributed by atoms with van der Waals surface area (Å²) in [6, 6.07) is 17.7. The van der Waals surface area contributed by atoms with Crippen molar-refractivity contribution in [3.05, 3.63) is 130 Å². The lowest BCUT2D eigenvalue weighted by atomic mass is 9.95. The quantitative estimate of drug-likeness (QED) is 0.252. The fourth-order valence-corrected chi connectivity index (χ4v) is 6.11. The van der Waals surface area contributed by atoms with Crippen LogP contribution in [-0.4, -0.2) is 17.6 Å². The van der Waals surface area contributed by atoms with Crippen molar-refractivity contribution in [3.63, 3.8) is 0 Å². The zero-order valence-electron chi connectivity index (χ0n) is 21.5. The van der Waals surface area contributed by atoms with Crippen molar-refractivity contribution in [3.8, 4) is 5.75 Å². The van der Waals surface area contributed by atoms with Crippen molar-refractivity contribution in [1.82, 2.24) is 4.57 Å². The summed E-state index contributed by atoms with van der Waals surface area (Å²) >= 11 is 14.0. The van der Waals surface area contributed by atoms with Gasteiger partial charge in [-0.15, -0.1) is 0 Å². The first-order valence-electron chi connectivity index (χ1n) is 12.3. The van der Waals surface area contributed by atoms with Gasteiger partial charge in [-0.05, 0) is 47.9 Å². The molecule has 0 unspecified atom stereocenters. The van der Waals surface area contributed by atoms with Crippen LogP contribution in [0.4, 0.5) is 4.39 Å². The second kappa shape index (κ2) is 11.8. The van der Waals surface area contributed by atoms with Gasteiger partial charge in [-0.3, -0.25) is 9.36 Å². The maximum Gasteiger partial charge on any atom is 0.338 e. The molecule has 4 aromatic rings. The summed E-state index contributed by atoms with van der Waals surface area (Å²) in [6.07, 6.45) is 2.13. The Morgan fingerprint density at radius 1 is 1.12 bits per heavy atom. The molecule has 0 saturated carbocycles. The number of fused-ring (bicyclic) bond motifs is 1. The lowest BCUT2D eigenvalue weighted by molar-refractivity contribution is -0.136. The molecule has 0 saturated heterocycles. The molecule has 1 aromatic heterocycles. The van der Waals surface area contributed by atoms with E-state index in [1.807, 2.05) is 37.3 Å². The lowest BCUT2D eigenvalue weighted by Crippen LogP contribution is -2.40. The minimum Gasteiger partial charge on any atom is -0.487 e. The molecule has 40 heavy (non-hydrogen) atoms. The highest BCUT2D eigenvalue weighted by Gasteiger charge is 2.33. The standard InChI is InChI=1S/C30H23Cl2FN2O4S/c1-3-23-25(29(37)38-2)26(18-7-5-4-6-8-18)35-28(36)24(40-30(35)34-23)14-19-13-20(31)15-22(32)27(19)39-16-17-9-11-21(33)12-10-17/h4-15,26H,3,16H2,1-2H3/b24-14+/t26-/m0/s1. The molecule has 3 aromatic carbocycles. The molecule has 1 atom stereocenters. The van der Waals surface area contributed by atoms with E-state index in [0.29, 0.717) is 43.4 Å². The molecule has 6 nitrogen and oxygen atoms in total. The van der Waals surface area contributed by atoms with Crippen LogP contribution in [0.25, 0.3) is 6.08 Å². The highest BCUT2D eigenvalue weighted by atomic mass is 35.5. The molecule has 0 fully saturated rings. The normalized spacial score (nSPS) is 15.0. The number of benzene rings is 3. The van der Waals surface area contributed by atoms with E-state index in [-0.39, 0.29) is 23.0 Å². The fourth-order valence-electron chi connectivity index (χ4n) is 4.53. The number of ether oxygens (including phenoxy) is 2. The number of allylic oxidation sites excluding steroid dienone is 1. The average Bonchev–Trinajstić information content (AvgIpc) is 3.26. The Labute approximate surface area is 243 Å². The second-order valence-corrected chi connectivity index (χ2v) is 10.8. The number of carbonyl (C=O) groups is 1. The molecule has 1 aliphatic rings. The number of rotatable bonds is 7. The van der Waals surface area contributed by atoms with Gasteiger partial charge in [-0.25, -0.2) is 14.2 Å². The van der Waals surface area contributed by atoms with Gasteiger partial charge in [0.2, 0.25) is 0 Å². The molecule has 0 aliphatic carbocycles. The third kappa shape index (κ3) is 5.47. The predicted octanol–water partition coefficient (Wildman–Crippen LogP) is 5.82. The van der Waals surface area contributed by atoms with E-state index in [0.717, 1.165) is 11.1 Å². The van der Waals surface area contributed by atoms with Crippen LogP contribution in [0.2, 0.25) is 10.0 Å². The van der Waals surface area contributed by atoms with Gasteiger partial charge in [0.15, 0.2) is 4.80 Å². The van der Waals surface area contributed by atoms with Gasteiger partial charge in [0.1, 0.15) is 18.2 Å². The Balaban J connectivity index is 1.66. The Morgan fingerprint density at radius 3 is 2.52 bits per heavy atom. The highest BCUT2D eigenvalue weighted by Crippen LogP contribution is 2.34. The molecule has 10 heteroatoms. The number of carbonyl (C=O) groups excluding carboxylic acids is 1. The van der Waals surface area contributed by atoms with E-state index in [4.69, 9.17) is 32.7 Å². The van der Waals surface area contributed by atoms with Crippen molar-refractivity contribution >= 4 is 46.6 Å². The van der Waals surface area contributed by atoms with E-state index in [1.54, 1.807) is 30.3 Å². The van der Waals surface area contributed by atoms with Crippen LogP contribution in [0.3, 0.4) is 0 Å². The van der Waals surface area contributed by atoms with Crippen LogP contribution in [0.1, 0.15) is 36.1 Å². The summed E-state index contributed by atoms with van der Waals surface area (Å²) in [6.45, 7) is 2.02. The first-order chi connectivity index (χ1) is 19.3. The first kappa shape index (κ1) is 27.8. The molecule has 0 radical (unpaired) electrons. The SMILES string of the molecule is CCC1=C(C(=O)OC)[C@H](c2ccccc2)n2c(s/c(=C/c3cc(Cl)cc(Cl)c3OCc3ccc(F)cc3)c2=O)=N1. The predicted molar refractivity (Wildman–Crippen MR) is 154 cm³/mol. The van der Waals surface area contributed by atoms with E-state index in [2.05, 4.69) is 4.99 Å². The van der Waals surface area contributed by atoms with Crippen LogP contribution in [-0.2, 0) is 16.1 Å². The number of hydrogen-bond acceptors (Lipinski definition) is 6. The van der Waals surface area contributed by atoms with Crippen LogP contribution in [0.5, 0.6) is 5.75 Å². The molecule has 5 rings (SSSR count).